The first kappa shape index (κ1) is 24.2. The molecule has 0 radical (unpaired) electrons. The smallest absolute Gasteiger partial charge is 0.227 e. The number of aryl methyl sites for hydroxylation is 1. The van der Waals surface area contributed by atoms with Gasteiger partial charge in [-0.3, -0.25) is 5.32 Å². The molecular weight excluding hydrogens is 510 g/mol. The number of halogens is 2. The van der Waals surface area contributed by atoms with E-state index in [2.05, 4.69) is 31.6 Å². The topological polar surface area (TPSA) is 68.7 Å². The molecule has 0 saturated carbocycles. The summed E-state index contributed by atoms with van der Waals surface area (Å²) >= 11 is 0. The van der Waals surface area contributed by atoms with Gasteiger partial charge >= 0.3 is 0 Å². The number of nitrogens with zero attached hydrogens (tertiary/aromatic N) is 3. The van der Waals surface area contributed by atoms with Crippen molar-refractivity contribution in [2.45, 2.75) is 12.6 Å². The second-order valence-corrected chi connectivity index (χ2v) is 5.96. The zero-order valence-corrected chi connectivity index (χ0v) is 17.8. The summed E-state index contributed by atoms with van der Waals surface area (Å²) in [5.74, 6) is 0. The van der Waals surface area contributed by atoms with Gasteiger partial charge in [-0.15, -0.1) is 0 Å². The number of aromatic nitrogens is 1. The zero-order valence-electron chi connectivity index (χ0n) is 13.5. The Labute approximate surface area is 166 Å². The fraction of sp³-hybridized carbons (Fsp3) is 0.571. The van der Waals surface area contributed by atoms with Crippen LogP contribution in [0.1, 0.15) is 23.9 Å². The molecule has 3 N–H and O–H groups in total. The van der Waals surface area contributed by atoms with Crippen molar-refractivity contribution in [3.05, 3.63) is 29.6 Å². The van der Waals surface area contributed by atoms with Gasteiger partial charge in [0.2, 0.25) is 5.69 Å². The summed E-state index contributed by atoms with van der Waals surface area (Å²) in [6.07, 6.45) is 3.44. The molecule has 0 bridgehead atoms. The van der Waals surface area contributed by atoms with Gasteiger partial charge in [0.05, 0.1) is 27.7 Å². The molecular formula is C14H26I2N4O2. The molecule has 1 atom stereocenters. The molecule has 0 aliphatic heterocycles. The van der Waals surface area contributed by atoms with Crippen molar-refractivity contribution in [3.8, 4) is 0 Å². The van der Waals surface area contributed by atoms with Gasteiger partial charge in [-0.25, -0.2) is 4.57 Å². The molecule has 22 heavy (non-hydrogen) atoms. The molecule has 0 aromatic carbocycles. The summed E-state index contributed by atoms with van der Waals surface area (Å²) in [5, 5.41) is 24.8. The highest BCUT2D eigenvalue weighted by atomic mass is 127. The van der Waals surface area contributed by atoms with Crippen molar-refractivity contribution in [2.75, 3.05) is 34.2 Å². The average molecular weight is 536 g/mol. The second kappa shape index (κ2) is 11.5. The molecule has 0 amide bonds. The minimum atomic E-state index is -0.713. The van der Waals surface area contributed by atoms with E-state index in [-0.39, 0.29) is 48.0 Å². The Morgan fingerprint density at radius 1 is 1.36 bits per heavy atom. The predicted molar refractivity (Wildman–Crippen MR) is 77.5 cm³/mol. The maximum absolute atomic E-state index is 10.1. The number of rotatable bonds is 7. The highest BCUT2D eigenvalue weighted by molar-refractivity contribution is 5.74. The Balaban J connectivity index is 0. The van der Waals surface area contributed by atoms with Gasteiger partial charge in [-0.2, -0.15) is 0 Å². The summed E-state index contributed by atoms with van der Waals surface area (Å²) in [6, 6.07) is 3.63. The third kappa shape index (κ3) is 9.18. The summed E-state index contributed by atoms with van der Waals surface area (Å²) in [4.78, 5) is 0. The van der Waals surface area contributed by atoms with Crippen molar-refractivity contribution in [3.63, 3.8) is 0 Å². The number of hydrogen-bond acceptors (Lipinski definition) is 4. The quantitative estimate of drug-likeness (QED) is 0.0476. The number of aliphatic hydroxyl groups excluding tert-OH is 1. The van der Waals surface area contributed by atoms with E-state index in [4.69, 9.17) is 5.21 Å². The molecule has 6 nitrogen and oxygen atoms in total. The van der Waals surface area contributed by atoms with Crippen LogP contribution < -0.4 is 57.8 Å². The zero-order chi connectivity index (χ0) is 15.2. The molecule has 0 saturated heterocycles. The van der Waals surface area contributed by atoms with Crippen molar-refractivity contribution >= 4 is 6.21 Å². The van der Waals surface area contributed by atoms with Gasteiger partial charge in [0, 0.05) is 30.7 Å². The molecule has 0 fully saturated rings. The maximum atomic E-state index is 10.1. The van der Waals surface area contributed by atoms with Crippen molar-refractivity contribution < 1.29 is 67.3 Å². The number of pyridine rings is 1. The summed E-state index contributed by atoms with van der Waals surface area (Å²) in [7, 11) is 8.29. The Morgan fingerprint density at radius 2 is 2.00 bits per heavy atom. The van der Waals surface area contributed by atoms with Crippen LogP contribution in [0.15, 0.2) is 23.5 Å². The van der Waals surface area contributed by atoms with Gasteiger partial charge in [-0.1, -0.05) is 5.16 Å². The van der Waals surface area contributed by atoms with E-state index in [0.29, 0.717) is 0 Å². The first-order chi connectivity index (χ1) is 9.33. The number of oxime groups is 1. The average Bonchev–Trinajstić information content (AvgIpc) is 2.36. The van der Waals surface area contributed by atoms with Crippen LogP contribution in [0.2, 0.25) is 0 Å². The van der Waals surface area contributed by atoms with Crippen LogP contribution in [0.25, 0.3) is 0 Å². The minimum Gasteiger partial charge on any atom is -1.00 e. The van der Waals surface area contributed by atoms with Crippen molar-refractivity contribution in [1.29, 1.82) is 0 Å². The Kier molecular flexibility index (Phi) is 12.6. The lowest BCUT2D eigenvalue weighted by Gasteiger charge is -2.24. The Morgan fingerprint density at radius 3 is 2.55 bits per heavy atom. The fourth-order valence-electron chi connectivity index (χ4n) is 1.87. The van der Waals surface area contributed by atoms with E-state index in [1.807, 2.05) is 23.9 Å². The van der Waals surface area contributed by atoms with E-state index in [9.17, 15) is 5.11 Å². The van der Waals surface area contributed by atoms with Crippen LogP contribution in [0.3, 0.4) is 0 Å². The highest BCUT2D eigenvalue weighted by Crippen LogP contribution is 2.09. The van der Waals surface area contributed by atoms with Gasteiger partial charge in [0.1, 0.15) is 19.5 Å². The first-order valence-electron chi connectivity index (χ1n) is 6.72. The molecule has 1 heterocycles. The number of hydrogen-bond donors (Lipinski definition) is 3. The molecule has 1 rings (SSSR count). The van der Waals surface area contributed by atoms with Crippen molar-refractivity contribution in [1.82, 2.24) is 5.32 Å². The van der Waals surface area contributed by atoms with Gasteiger partial charge in [-0.05, 0) is 0 Å². The second-order valence-electron chi connectivity index (χ2n) is 5.96. The first-order valence-corrected chi connectivity index (χ1v) is 6.72. The standard InChI is InChI=1S/C14H25N4O2.2HI/c1-17-8-6-12(10-13(17)11-16-20)14(19)15-7-5-9-18(2,3)4;;/h6,8,10-11,14-15,19H,5,7,9H2,1-4H3;2*1H/q+1;;/p-1. The van der Waals surface area contributed by atoms with Crippen LogP contribution >= 0.6 is 0 Å². The van der Waals surface area contributed by atoms with E-state index in [1.165, 1.54) is 6.21 Å². The summed E-state index contributed by atoms with van der Waals surface area (Å²) in [5.41, 5.74) is 1.47. The van der Waals surface area contributed by atoms with Crippen LogP contribution in [0.4, 0.5) is 0 Å². The van der Waals surface area contributed by atoms with Crippen LogP contribution in [0.5, 0.6) is 0 Å². The molecule has 128 valence electrons. The SMILES string of the molecule is C[n+]1ccc(C(O)NCCC[N+](C)(C)C)cc1/C=N/O.[I-].[I-]. The van der Waals surface area contributed by atoms with Crippen LogP contribution in [-0.2, 0) is 7.05 Å². The van der Waals surface area contributed by atoms with Gasteiger partial charge in [0.25, 0.3) is 0 Å². The Bertz CT molecular complexity index is 465. The molecule has 1 unspecified atom stereocenters. The largest absolute Gasteiger partial charge is 1.00 e. The monoisotopic (exact) mass is 536 g/mol. The number of aliphatic hydroxyl groups is 1. The fourth-order valence-corrected chi connectivity index (χ4v) is 1.87. The molecule has 8 heteroatoms. The number of nitrogens with one attached hydrogen (secondary N) is 1. The summed E-state index contributed by atoms with van der Waals surface area (Å²) in [6.45, 7) is 1.80. The van der Waals surface area contributed by atoms with Crippen molar-refractivity contribution in [2.24, 2.45) is 12.2 Å². The summed E-state index contributed by atoms with van der Waals surface area (Å²) < 4.78 is 2.73. The lowest BCUT2D eigenvalue weighted by atomic mass is 10.2. The molecule has 0 aliphatic carbocycles. The van der Waals surface area contributed by atoms with Gasteiger partial charge < -0.3 is 62.8 Å². The third-order valence-corrected chi connectivity index (χ3v) is 3.06. The number of quaternary nitrogens is 1. The molecule has 1 aromatic heterocycles. The highest BCUT2D eigenvalue weighted by Gasteiger charge is 2.13. The lowest BCUT2D eigenvalue weighted by molar-refractivity contribution is -0.870. The molecule has 0 aliphatic rings. The van der Waals surface area contributed by atoms with E-state index < -0.39 is 6.23 Å². The lowest BCUT2D eigenvalue weighted by Crippen LogP contribution is -3.00. The van der Waals surface area contributed by atoms with Crippen LogP contribution in [0, 0.1) is 0 Å². The molecule has 0 spiro atoms. The predicted octanol–water partition coefficient (Wildman–Crippen LogP) is -6.00. The van der Waals surface area contributed by atoms with Gasteiger partial charge in [0.15, 0.2) is 6.20 Å². The maximum Gasteiger partial charge on any atom is 0.227 e. The molecule has 1 aromatic rings. The minimum absolute atomic E-state index is 0. The normalized spacial score (nSPS) is 12.6. The Hall–Kier alpha value is -0.0400. The van der Waals surface area contributed by atoms with Crippen LogP contribution in [-0.4, -0.2) is 55.2 Å². The van der Waals surface area contributed by atoms with E-state index >= 15 is 0 Å². The van der Waals surface area contributed by atoms with E-state index in [0.717, 1.165) is 35.3 Å². The third-order valence-electron chi connectivity index (χ3n) is 3.06. The van der Waals surface area contributed by atoms with E-state index in [1.54, 1.807) is 6.07 Å².